The van der Waals surface area contributed by atoms with Gasteiger partial charge in [-0.15, -0.1) is 0 Å². The molecule has 3 aromatic rings. The quantitative estimate of drug-likeness (QED) is 0.504. The highest BCUT2D eigenvalue weighted by atomic mass is 16.8. The fourth-order valence-corrected chi connectivity index (χ4v) is 3.53. The highest BCUT2D eigenvalue weighted by Crippen LogP contribution is 2.48. The zero-order valence-corrected chi connectivity index (χ0v) is 15.6. The summed E-state index contributed by atoms with van der Waals surface area (Å²) in [5, 5.41) is 30.0. The number of ether oxygens (including phenoxy) is 1. The molecule has 27 heavy (non-hydrogen) atoms. The predicted octanol–water partition coefficient (Wildman–Crippen LogP) is 3.41. The molecule has 0 bridgehead atoms. The monoisotopic (exact) mass is 368 g/mol. The Morgan fingerprint density at radius 3 is 2.78 bits per heavy atom. The van der Waals surface area contributed by atoms with E-state index >= 15 is 0 Å². The first-order chi connectivity index (χ1) is 13.0. The van der Waals surface area contributed by atoms with E-state index in [1.807, 2.05) is 43.0 Å². The Balaban J connectivity index is 1.89. The van der Waals surface area contributed by atoms with Gasteiger partial charge in [-0.3, -0.25) is 9.89 Å². The van der Waals surface area contributed by atoms with Crippen LogP contribution in [0.3, 0.4) is 0 Å². The Kier molecular flexibility index (Phi) is 4.39. The Morgan fingerprint density at radius 1 is 1.26 bits per heavy atom. The topological polar surface area (TPSA) is 88.9 Å². The van der Waals surface area contributed by atoms with Crippen molar-refractivity contribution in [1.29, 1.82) is 0 Å². The number of methoxy groups -OCH3 is 1. The lowest BCUT2D eigenvalue weighted by atomic mass is 9.99. The summed E-state index contributed by atoms with van der Waals surface area (Å²) < 4.78 is 7.32. The molecule has 2 N–H and O–H groups in total. The average molecular weight is 368 g/mol. The molecule has 1 aliphatic rings. The predicted molar refractivity (Wildman–Crippen MR) is 106 cm³/mol. The maximum Gasteiger partial charge on any atom is 0.119 e. The fourth-order valence-electron chi connectivity index (χ4n) is 3.53. The third kappa shape index (κ3) is 2.97. The van der Waals surface area contributed by atoms with Gasteiger partial charge in [-0.1, -0.05) is 0 Å². The molecule has 8 heteroatoms. The number of hydrogen-bond donors (Lipinski definition) is 2. The van der Waals surface area contributed by atoms with Crippen molar-refractivity contribution in [3.05, 3.63) is 35.5 Å². The van der Waals surface area contributed by atoms with Gasteiger partial charge in [0.25, 0.3) is 0 Å². The van der Waals surface area contributed by atoms with Crippen molar-refractivity contribution in [2.45, 2.75) is 13.0 Å². The summed E-state index contributed by atoms with van der Waals surface area (Å²) in [7, 11) is 5.71. The minimum atomic E-state index is -0.108. The van der Waals surface area contributed by atoms with Gasteiger partial charge in [0.05, 0.1) is 29.4 Å². The Labute approximate surface area is 157 Å². The highest BCUT2D eigenvalue weighted by Gasteiger charge is 2.26. The number of aryl methyl sites for hydroxylation is 1. The lowest BCUT2D eigenvalue weighted by Crippen LogP contribution is -2.15. The molecule has 0 amide bonds. The molecule has 1 aromatic heterocycles. The molecule has 2 aromatic carbocycles. The second kappa shape index (κ2) is 6.73. The van der Waals surface area contributed by atoms with E-state index in [9.17, 15) is 10.4 Å². The summed E-state index contributed by atoms with van der Waals surface area (Å²) >= 11 is 0. The van der Waals surface area contributed by atoms with Crippen LogP contribution >= 0.6 is 0 Å². The molecule has 0 fully saturated rings. The van der Waals surface area contributed by atoms with Crippen LogP contribution < -0.4 is 15.3 Å². The molecule has 142 valence electrons. The van der Waals surface area contributed by atoms with E-state index in [1.54, 1.807) is 13.2 Å². The van der Waals surface area contributed by atoms with Crippen LogP contribution in [0.5, 0.6) is 5.75 Å². The molecule has 0 aliphatic carbocycles. The van der Waals surface area contributed by atoms with Gasteiger partial charge >= 0.3 is 0 Å². The summed E-state index contributed by atoms with van der Waals surface area (Å²) in [5.74, 6) is 0.734. The molecular formula is C19H22N5O3-. The summed E-state index contributed by atoms with van der Waals surface area (Å²) in [6, 6.07) is 9.10. The van der Waals surface area contributed by atoms with Crippen molar-refractivity contribution >= 4 is 28.0 Å². The number of nitrogens with zero attached hydrogens (tertiary/aromatic N) is 4. The van der Waals surface area contributed by atoms with E-state index in [0.29, 0.717) is 5.69 Å². The van der Waals surface area contributed by atoms with Gasteiger partial charge in [0.15, 0.2) is 0 Å². The molecular weight excluding hydrogens is 346 g/mol. The number of rotatable bonds is 6. The number of aromatic nitrogens is 2. The van der Waals surface area contributed by atoms with E-state index in [4.69, 9.17) is 9.84 Å². The minimum absolute atomic E-state index is 0.108. The van der Waals surface area contributed by atoms with Gasteiger partial charge in [-0.25, -0.2) is 0 Å². The van der Waals surface area contributed by atoms with Crippen molar-refractivity contribution in [3.8, 4) is 17.0 Å². The van der Waals surface area contributed by atoms with Gasteiger partial charge in [-0.2, -0.15) is 5.10 Å². The lowest BCUT2D eigenvalue weighted by molar-refractivity contribution is 0.297. The number of benzene rings is 2. The number of nitrogens with one attached hydrogen (secondary N) is 1. The second-order valence-electron chi connectivity index (χ2n) is 6.89. The molecule has 8 nitrogen and oxygen atoms in total. The van der Waals surface area contributed by atoms with Crippen LogP contribution in [0, 0.1) is 5.21 Å². The van der Waals surface area contributed by atoms with Crippen LogP contribution in [0.2, 0.25) is 0 Å². The van der Waals surface area contributed by atoms with Crippen LogP contribution in [0.1, 0.15) is 6.42 Å². The van der Waals surface area contributed by atoms with Crippen LogP contribution in [0.4, 0.5) is 17.1 Å². The van der Waals surface area contributed by atoms with Crippen LogP contribution in [-0.4, -0.2) is 47.6 Å². The fraction of sp³-hybridized carbons (Fsp3) is 0.316. The number of fused-ring (bicyclic) bond motifs is 2. The zero-order valence-electron chi connectivity index (χ0n) is 15.6. The molecule has 0 saturated carbocycles. The average Bonchev–Trinajstić information content (AvgIpc) is 3.01. The molecule has 2 heterocycles. The standard InChI is InChI=1S/C19H22N5O3/c1-22(2)9-4-10-23-15-7-8-16(24(25)26)19-17(15)18(21-23)13-11-12(27-3)5-6-14(13)20-19/h5-8,11,20,25H,4,9-10H2,1-3H3/q-1. The van der Waals surface area contributed by atoms with E-state index < -0.39 is 0 Å². The first-order valence-corrected chi connectivity index (χ1v) is 8.79. The molecule has 0 saturated heterocycles. The van der Waals surface area contributed by atoms with E-state index in [-0.39, 0.29) is 10.9 Å². The van der Waals surface area contributed by atoms with Crippen molar-refractivity contribution in [2.24, 2.45) is 0 Å². The smallest absolute Gasteiger partial charge is 0.119 e. The Bertz CT molecular complexity index is 997. The molecule has 0 spiro atoms. The van der Waals surface area contributed by atoms with Gasteiger partial charge < -0.3 is 25.4 Å². The second-order valence-corrected chi connectivity index (χ2v) is 6.89. The Morgan fingerprint density at radius 2 is 2.07 bits per heavy atom. The van der Waals surface area contributed by atoms with E-state index in [1.165, 1.54) is 0 Å². The highest BCUT2D eigenvalue weighted by molar-refractivity contribution is 6.13. The maximum atomic E-state index is 11.6. The molecule has 0 atom stereocenters. The largest absolute Gasteiger partial charge is 0.733 e. The van der Waals surface area contributed by atoms with Crippen LogP contribution in [0.25, 0.3) is 22.2 Å². The Hall–Kier alpha value is -2.81. The lowest BCUT2D eigenvalue weighted by Gasteiger charge is -2.28. The summed E-state index contributed by atoms with van der Waals surface area (Å²) in [5.41, 5.74) is 4.16. The number of anilines is 3. The minimum Gasteiger partial charge on any atom is -0.733 e. The summed E-state index contributed by atoms with van der Waals surface area (Å²) in [4.78, 5) is 2.14. The summed E-state index contributed by atoms with van der Waals surface area (Å²) in [6.07, 6.45) is 0.951. The van der Waals surface area contributed by atoms with Gasteiger partial charge in [-0.05, 0) is 57.4 Å². The zero-order chi connectivity index (χ0) is 19.1. The van der Waals surface area contributed by atoms with Crippen molar-refractivity contribution in [1.82, 2.24) is 14.7 Å². The van der Waals surface area contributed by atoms with Crippen molar-refractivity contribution in [2.75, 3.05) is 38.3 Å². The van der Waals surface area contributed by atoms with Crippen LogP contribution in [0.15, 0.2) is 30.3 Å². The molecule has 0 unspecified atom stereocenters. The number of hydrogen-bond acceptors (Lipinski definition) is 7. The molecule has 1 aliphatic heterocycles. The normalized spacial score (nSPS) is 12.2. The van der Waals surface area contributed by atoms with E-state index in [0.717, 1.165) is 53.1 Å². The van der Waals surface area contributed by atoms with Gasteiger partial charge in [0, 0.05) is 17.8 Å². The van der Waals surface area contributed by atoms with Crippen molar-refractivity contribution in [3.63, 3.8) is 0 Å². The van der Waals surface area contributed by atoms with Gasteiger partial charge in [0.1, 0.15) is 11.4 Å². The maximum absolute atomic E-state index is 11.6. The van der Waals surface area contributed by atoms with E-state index in [2.05, 4.69) is 10.2 Å². The summed E-state index contributed by atoms with van der Waals surface area (Å²) in [6.45, 7) is 1.71. The SMILES string of the molecule is COc1ccc2c(c1)-c1nn(CCCN(C)C)c3ccc(N([O-])O)c(c13)N2. The van der Waals surface area contributed by atoms with Crippen molar-refractivity contribution < 1.29 is 9.94 Å². The third-order valence-corrected chi connectivity index (χ3v) is 4.82. The molecule has 0 radical (unpaired) electrons. The molecule has 4 rings (SSSR count). The first-order valence-electron chi connectivity index (χ1n) is 8.79. The van der Waals surface area contributed by atoms with Crippen LogP contribution in [-0.2, 0) is 6.54 Å². The van der Waals surface area contributed by atoms with Gasteiger partial charge in [0.2, 0.25) is 0 Å². The third-order valence-electron chi connectivity index (χ3n) is 4.82. The first kappa shape index (κ1) is 17.6.